The zero-order chi connectivity index (χ0) is 29.2. The van der Waals surface area contributed by atoms with Crippen molar-refractivity contribution < 1.29 is 19.1 Å². The largest absolute Gasteiger partial charge is 0.444 e. The Morgan fingerprint density at radius 1 is 0.897 bits per heavy atom. The molecule has 3 amide bonds. The number of alkyl carbamates (subject to hydrolysis) is 1. The van der Waals surface area contributed by atoms with Crippen molar-refractivity contribution in [2.24, 2.45) is 0 Å². The van der Waals surface area contributed by atoms with Gasteiger partial charge in [-0.1, -0.05) is 69.0 Å². The van der Waals surface area contributed by atoms with Gasteiger partial charge in [-0.05, 0) is 83.2 Å². The Bertz CT molecular complexity index is 1120. The normalized spacial score (nSPS) is 12.8. The van der Waals surface area contributed by atoms with Gasteiger partial charge in [0.15, 0.2) is 0 Å². The van der Waals surface area contributed by atoms with Crippen molar-refractivity contribution in [1.82, 2.24) is 10.2 Å². The Balaban J connectivity index is 2.46. The fraction of sp³-hybridized carbons (Fsp3) is 0.531. The summed E-state index contributed by atoms with van der Waals surface area (Å²) in [6.07, 6.45) is 4.34. The second kappa shape index (κ2) is 14.7. The maximum absolute atomic E-state index is 14.0. The molecular weight excluding hydrogens is 490 g/mol. The first-order valence-corrected chi connectivity index (χ1v) is 14.1. The fourth-order valence-electron chi connectivity index (χ4n) is 4.37. The number of anilines is 1. The summed E-state index contributed by atoms with van der Waals surface area (Å²) >= 11 is 0. The highest BCUT2D eigenvalue weighted by Gasteiger charge is 2.35. The van der Waals surface area contributed by atoms with E-state index in [9.17, 15) is 14.4 Å². The molecule has 2 aromatic rings. The third-order valence-electron chi connectivity index (χ3n) is 6.70. The average Bonchev–Trinajstić information content (AvgIpc) is 2.84. The van der Waals surface area contributed by atoms with E-state index in [4.69, 9.17) is 4.74 Å². The van der Waals surface area contributed by atoms with Crippen LogP contribution in [0.3, 0.4) is 0 Å². The van der Waals surface area contributed by atoms with Gasteiger partial charge in [0.25, 0.3) is 5.91 Å². The Labute approximate surface area is 234 Å². The van der Waals surface area contributed by atoms with Gasteiger partial charge in [-0.15, -0.1) is 0 Å². The van der Waals surface area contributed by atoms with E-state index in [1.165, 1.54) is 0 Å². The lowest BCUT2D eigenvalue weighted by molar-refractivity contribution is -0.140. The molecule has 0 radical (unpaired) electrons. The number of hydrogen-bond donors (Lipinski definition) is 2. The number of carbonyl (C=O) groups excluding carboxylic acids is 3. The van der Waals surface area contributed by atoms with Crippen LogP contribution < -0.4 is 10.6 Å². The first kappa shape index (κ1) is 31.9. The molecule has 0 bridgehead atoms. The third-order valence-corrected chi connectivity index (χ3v) is 6.70. The van der Waals surface area contributed by atoms with Gasteiger partial charge in [-0.2, -0.15) is 0 Å². The van der Waals surface area contributed by atoms with Crippen LogP contribution in [0.1, 0.15) is 95.0 Å². The zero-order valence-corrected chi connectivity index (χ0v) is 25.0. The zero-order valence-electron chi connectivity index (χ0n) is 25.0. The number of hydrogen-bond acceptors (Lipinski definition) is 4. The van der Waals surface area contributed by atoms with Gasteiger partial charge in [0, 0.05) is 12.2 Å². The van der Waals surface area contributed by atoms with E-state index in [0.29, 0.717) is 12.2 Å². The molecule has 214 valence electrons. The molecule has 0 aliphatic carbocycles. The second-order valence-electron chi connectivity index (χ2n) is 11.4. The standard InChI is InChI=1S/C32H47N3O4/c1-9-10-11-12-15-20-35(30(37)25(5)33-31(38)39-32(6,7)8)28(26-19-18-22(2)24(4)21-26)29(36)34-27-17-14-13-16-23(27)3/h13-14,16-19,21,25,28H,9-12,15,20H2,1-8H3,(H,33,38)(H,34,36). The van der Waals surface area contributed by atoms with Crippen molar-refractivity contribution >= 4 is 23.6 Å². The van der Waals surface area contributed by atoms with Crippen LogP contribution >= 0.6 is 0 Å². The third kappa shape index (κ3) is 10.0. The summed E-state index contributed by atoms with van der Waals surface area (Å²) < 4.78 is 5.38. The molecule has 0 fully saturated rings. The van der Waals surface area contributed by atoms with Crippen LogP contribution in [0.15, 0.2) is 42.5 Å². The molecule has 7 heteroatoms. The number of rotatable bonds is 12. The van der Waals surface area contributed by atoms with Crippen molar-refractivity contribution in [3.05, 3.63) is 64.7 Å². The molecule has 0 saturated carbocycles. The van der Waals surface area contributed by atoms with Crippen LogP contribution in [0.25, 0.3) is 0 Å². The Hall–Kier alpha value is -3.35. The Morgan fingerprint density at radius 2 is 1.56 bits per heavy atom. The number of benzene rings is 2. The van der Waals surface area contributed by atoms with Gasteiger partial charge in [0.2, 0.25) is 5.91 Å². The van der Waals surface area contributed by atoms with Gasteiger partial charge in [0.05, 0.1) is 0 Å². The molecule has 0 spiro atoms. The van der Waals surface area contributed by atoms with Gasteiger partial charge < -0.3 is 20.3 Å². The van der Waals surface area contributed by atoms with Gasteiger partial charge in [-0.25, -0.2) is 4.79 Å². The summed E-state index contributed by atoms with van der Waals surface area (Å²) in [6, 6.07) is 11.7. The van der Waals surface area contributed by atoms with E-state index >= 15 is 0 Å². The van der Waals surface area contributed by atoms with E-state index in [0.717, 1.165) is 54.4 Å². The first-order valence-electron chi connectivity index (χ1n) is 14.1. The molecular formula is C32H47N3O4. The lowest BCUT2D eigenvalue weighted by atomic mass is 9.97. The fourth-order valence-corrected chi connectivity index (χ4v) is 4.37. The maximum Gasteiger partial charge on any atom is 0.408 e. The van der Waals surface area contributed by atoms with Crippen LogP contribution in [-0.2, 0) is 14.3 Å². The Morgan fingerprint density at radius 3 is 2.18 bits per heavy atom. The van der Waals surface area contributed by atoms with Crippen LogP contribution in [0.2, 0.25) is 0 Å². The van der Waals surface area contributed by atoms with Crippen LogP contribution in [0.4, 0.5) is 10.5 Å². The molecule has 2 atom stereocenters. The molecule has 0 heterocycles. The minimum Gasteiger partial charge on any atom is -0.444 e. The maximum atomic E-state index is 14.0. The van der Waals surface area contributed by atoms with Crippen molar-refractivity contribution in [3.63, 3.8) is 0 Å². The second-order valence-corrected chi connectivity index (χ2v) is 11.4. The monoisotopic (exact) mass is 537 g/mol. The SMILES string of the molecule is CCCCCCCN(C(=O)C(C)NC(=O)OC(C)(C)C)C(C(=O)Nc1ccccc1C)c1ccc(C)c(C)c1. The number of nitrogens with one attached hydrogen (secondary N) is 2. The molecule has 2 aromatic carbocycles. The lowest BCUT2D eigenvalue weighted by Gasteiger charge is -2.34. The molecule has 0 aromatic heterocycles. The summed E-state index contributed by atoms with van der Waals surface area (Å²) in [5.74, 6) is -0.626. The minimum atomic E-state index is -0.879. The average molecular weight is 538 g/mol. The van der Waals surface area contributed by atoms with Crippen LogP contribution in [0, 0.1) is 20.8 Å². The molecule has 2 unspecified atom stereocenters. The summed E-state index contributed by atoms with van der Waals surface area (Å²) in [5.41, 5.74) is 3.82. The Kier molecular flexibility index (Phi) is 12.0. The molecule has 0 aliphatic rings. The highest BCUT2D eigenvalue weighted by Crippen LogP contribution is 2.27. The minimum absolute atomic E-state index is 0.293. The lowest BCUT2D eigenvalue weighted by Crippen LogP contribution is -2.51. The van der Waals surface area contributed by atoms with E-state index in [1.807, 2.05) is 63.2 Å². The summed E-state index contributed by atoms with van der Waals surface area (Å²) in [5, 5.41) is 5.72. The van der Waals surface area contributed by atoms with Crippen LogP contribution in [-0.4, -0.2) is 41.0 Å². The van der Waals surface area contributed by atoms with E-state index in [1.54, 1.807) is 32.6 Å². The van der Waals surface area contributed by atoms with Gasteiger partial charge >= 0.3 is 6.09 Å². The van der Waals surface area contributed by atoms with E-state index in [-0.39, 0.29) is 11.8 Å². The smallest absolute Gasteiger partial charge is 0.408 e. The van der Waals surface area contributed by atoms with Crippen molar-refractivity contribution in [2.45, 2.75) is 105 Å². The molecule has 39 heavy (non-hydrogen) atoms. The molecule has 2 rings (SSSR count). The van der Waals surface area contributed by atoms with E-state index < -0.39 is 23.8 Å². The van der Waals surface area contributed by atoms with E-state index in [2.05, 4.69) is 17.6 Å². The summed E-state index contributed by atoms with van der Waals surface area (Å²) in [4.78, 5) is 42.0. The molecule has 0 aliphatic heterocycles. The molecule has 2 N–H and O–H groups in total. The number of amides is 3. The predicted octanol–water partition coefficient (Wildman–Crippen LogP) is 7.00. The van der Waals surface area contributed by atoms with Crippen molar-refractivity contribution in [2.75, 3.05) is 11.9 Å². The number of ether oxygens (including phenoxy) is 1. The number of unbranched alkanes of at least 4 members (excludes halogenated alkanes) is 4. The highest BCUT2D eigenvalue weighted by atomic mass is 16.6. The van der Waals surface area contributed by atoms with Crippen LogP contribution in [0.5, 0.6) is 0 Å². The van der Waals surface area contributed by atoms with Crippen molar-refractivity contribution in [3.8, 4) is 0 Å². The summed E-state index contributed by atoms with van der Waals surface area (Å²) in [7, 11) is 0. The number of carbonyl (C=O) groups is 3. The number of para-hydroxylation sites is 1. The number of nitrogens with zero attached hydrogens (tertiary/aromatic N) is 1. The quantitative estimate of drug-likeness (QED) is 0.285. The molecule has 0 saturated heterocycles. The van der Waals surface area contributed by atoms with Gasteiger partial charge in [-0.3, -0.25) is 9.59 Å². The topological polar surface area (TPSA) is 87.7 Å². The predicted molar refractivity (Wildman–Crippen MR) is 158 cm³/mol. The highest BCUT2D eigenvalue weighted by molar-refractivity contribution is 5.99. The van der Waals surface area contributed by atoms with Crippen molar-refractivity contribution in [1.29, 1.82) is 0 Å². The number of aryl methyl sites for hydroxylation is 3. The first-order chi connectivity index (χ1) is 18.3. The van der Waals surface area contributed by atoms with Gasteiger partial charge in [0.1, 0.15) is 17.7 Å². The summed E-state index contributed by atoms with van der Waals surface area (Å²) in [6.45, 7) is 15.4. The molecule has 7 nitrogen and oxygen atoms in total.